The molecule has 2 nitrogen and oxygen atoms in total. The Morgan fingerprint density at radius 3 is 2.62 bits per heavy atom. The molecule has 1 aromatic heterocycles. The fraction of sp³-hybridized carbons (Fsp3) is 0.188. The molecule has 0 fully saturated rings. The molecule has 0 atom stereocenters. The number of alkyl halides is 1. The maximum atomic E-state index is 13.7. The second kappa shape index (κ2) is 5.43. The monoisotopic (exact) mass is 366 g/mol. The standard InChI is InChI=1S/C16H13BrClFN2/c1-9-5-11(3-4-12(9)17)21-15-6-10(2)13(19)7-14(15)20-16(21)8-18/h3-7H,8H2,1-2H3. The first-order chi connectivity index (χ1) is 10.0. The molecule has 5 heteroatoms. The van der Waals surface area contributed by atoms with E-state index in [4.69, 9.17) is 11.6 Å². The Morgan fingerprint density at radius 2 is 1.95 bits per heavy atom. The molecule has 0 N–H and O–H groups in total. The van der Waals surface area contributed by atoms with Crippen LogP contribution in [0.1, 0.15) is 17.0 Å². The highest BCUT2D eigenvalue weighted by Crippen LogP contribution is 2.27. The summed E-state index contributed by atoms with van der Waals surface area (Å²) >= 11 is 9.52. The van der Waals surface area contributed by atoms with Crippen LogP contribution in [0, 0.1) is 19.7 Å². The van der Waals surface area contributed by atoms with E-state index in [0.29, 0.717) is 16.9 Å². The summed E-state index contributed by atoms with van der Waals surface area (Å²) in [6.45, 7) is 3.78. The number of hydrogen-bond acceptors (Lipinski definition) is 1. The third-order valence-electron chi connectivity index (χ3n) is 3.52. The fourth-order valence-electron chi connectivity index (χ4n) is 2.40. The number of aromatic nitrogens is 2. The van der Waals surface area contributed by atoms with Gasteiger partial charge in [0.15, 0.2) is 0 Å². The van der Waals surface area contributed by atoms with Crippen LogP contribution >= 0.6 is 27.5 Å². The molecule has 0 aliphatic carbocycles. The van der Waals surface area contributed by atoms with E-state index >= 15 is 0 Å². The summed E-state index contributed by atoms with van der Waals surface area (Å²) in [7, 11) is 0. The molecule has 1 heterocycles. The maximum Gasteiger partial charge on any atom is 0.129 e. The fourth-order valence-corrected chi connectivity index (χ4v) is 2.82. The Kier molecular flexibility index (Phi) is 3.76. The van der Waals surface area contributed by atoms with Crippen LogP contribution in [0.2, 0.25) is 0 Å². The van der Waals surface area contributed by atoms with Crippen LogP contribution in [-0.2, 0) is 5.88 Å². The molecule has 0 spiro atoms. The minimum Gasteiger partial charge on any atom is -0.295 e. The molecule has 0 bridgehead atoms. The average molecular weight is 368 g/mol. The topological polar surface area (TPSA) is 17.8 Å². The van der Waals surface area contributed by atoms with Crippen LogP contribution < -0.4 is 0 Å². The molecular weight excluding hydrogens is 355 g/mol. The normalized spacial score (nSPS) is 11.3. The summed E-state index contributed by atoms with van der Waals surface area (Å²) in [5.74, 6) is 0.725. The molecule has 0 saturated heterocycles. The van der Waals surface area contributed by atoms with E-state index in [1.165, 1.54) is 6.07 Å². The van der Waals surface area contributed by atoms with Gasteiger partial charge in [-0.1, -0.05) is 15.9 Å². The summed E-state index contributed by atoms with van der Waals surface area (Å²) < 4.78 is 16.8. The largest absolute Gasteiger partial charge is 0.295 e. The zero-order valence-electron chi connectivity index (χ0n) is 11.6. The van der Waals surface area contributed by atoms with Gasteiger partial charge in [0, 0.05) is 16.2 Å². The quantitative estimate of drug-likeness (QED) is 0.563. The Morgan fingerprint density at radius 1 is 1.19 bits per heavy atom. The summed E-state index contributed by atoms with van der Waals surface area (Å²) in [6, 6.07) is 9.31. The number of fused-ring (bicyclic) bond motifs is 1. The first-order valence-electron chi connectivity index (χ1n) is 6.51. The van der Waals surface area contributed by atoms with Crippen LogP contribution in [0.5, 0.6) is 0 Å². The highest BCUT2D eigenvalue weighted by Gasteiger charge is 2.14. The number of benzene rings is 2. The molecule has 3 aromatic rings. The van der Waals surface area contributed by atoms with E-state index in [0.717, 1.165) is 21.2 Å². The third-order valence-corrected chi connectivity index (χ3v) is 4.65. The van der Waals surface area contributed by atoms with Crippen molar-refractivity contribution in [3.63, 3.8) is 0 Å². The predicted octanol–water partition coefficient (Wildman–Crippen LogP) is 5.28. The lowest BCUT2D eigenvalue weighted by molar-refractivity contribution is 0.620. The molecule has 108 valence electrons. The summed E-state index contributed by atoms with van der Waals surface area (Å²) in [4.78, 5) is 4.44. The second-order valence-corrected chi connectivity index (χ2v) is 6.14. The van der Waals surface area contributed by atoms with E-state index in [-0.39, 0.29) is 11.7 Å². The molecule has 0 aliphatic rings. The van der Waals surface area contributed by atoms with Crippen molar-refractivity contribution in [2.75, 3.05) is 0 Å². The number of rotatable bonds is 2. The Balaban J connectivity index is 2.34. The molecule has 3 rings (SSSR count). The zero-order valence-corrected chi connectivity index (χ0v) is 14.0. The Bertz CT molecular complexity index is 842. The lowest BCUT2D eigenvalue weighted by Crippen LogP contribution is -2.00. The Labute approximate surface area is 135 Å². The van der Waals surface area contributed by atoms with Crippen LogP contribution in [-0.4, -0.2) is 9.55 Å². The first-order valence-corrected chi connectivity index (χ1v) is 7.84. The van der Waals surface area contributed by atoms with Crippen molar-refractivity contribution in [2.45, 2.75) is 19.7 Å². The molecule has 0 saturated carbocycles. The van der Waals surface area contributed by atoms with Crippen molar-refractivity contribution in [1.29, 1.82) is 0 Å². The van der Waals surface area contributed by atoms with E-state index < -0.39 is 0 Å². The lowest BCUT2D eigenvalue weighted by atomic mass is 10.2. The van der Waals surface area contributed by atoms with Gasteiger partial charge in [0.1, 0.15) is 11.6 Å². The van der Waals surface area contributed by atoms with E-state index in [9.17, 15) is 4.39 Å². The SMILES string of the molecule is Cc1cc2c(cc1F)nc(CCl)n2-c1ccc(Br)c(C)c1. The van der Waals surface area contributed by atoms with Gasteiger partial charge in [-0.15, -0.1) is 11.6 Å². The van der Waals surface area contributed by atoms with Crippen LogP contribution in [0.25, 0.3) is 16.7 Å². The lowest BCUT2D eigenvalue weighted by Gasteiger charge is -2.10. The van der Waals surface area contributed by atoms with Gasteiger partial charge in [0.2, 0.25) is 0 Å². The molecule has 0 aliphatic heterocycles. The van der Waals surface area contributed by atoms with Crippen molar-refractivity contribution < 1.29 is 4.39 Å². The zero-order chi connectivity index (χ0) is 15.1. The number of aryl methyl sites for hydroxylation is 2. The average Bonchev–Trinajstić information content (AvgIpc) is 2.80. The minimum atomic E-state index is -0.250. The Hall–Kier alpha value is -1.39. The van der Waals surface area contributed by atoms with Crippen molar-refractivity contribution >= 4 is 38.6 Å². The van der Waals surface area contributed by atoms with Crippen molar-refractivity contribution in [3.8, 4) is 5.69 Å². The maximum absolute atomic E-state index is 13.7. The number of nitrogens with zero attached hydrogens (tertiary/aromatic N) is 2. The summed E-state index contributed by atoms with van der Waals surface area (Å²) in [6.07, 6.45) is 0. The van der Waals surface area contributed by atoms with E-state index in [1.807, 2.05) is 29.7 Å². The molecule has 21 heavy (non-hydrogen) atoms. The van der Waals surface area contributed by atoms with Gasteiger partial charge in [0.05, 0.1) is 16.9 Å². The van der Waals surface area contributed by atoms with Gasteiger partial charge >= 0.3 is 0 Å². The second-order valence-electron chi connectivity index (χ2n) is 5.02. The highest BCUT2D eigenvalue weighted by atomic mass is 79.9. The number of imidazole rings is 1. The summed E-state index contributed by atoms with van der Waals surface area (Å²) in [5, 5.41) is 0. The van der Waals surface area contributed by atoms with Crippen LogP contribution in [0.4, 0.5) is 4.39 Å². The molecular formula is C16H13BrClFN2. The first kappa shape index (κ1) is 14.5. The van der Waals surface area contributed by atoms with Gasteiger partial charge in [0.25, 0.3) is 0 Å². The van der Waals surface area contributed by atoms with Gasteiger partial charge in [-0.2, -0.15) is 0 Å². The van der Waals surface area contributed by atoms with Gasteiger partial charge in [-0.25, -0.2) is 9.37 Å². The van der Waals surface area contributed by atoms with Gasteiger partial charge in [-0.3, -0.25) is 4.57 Å². The highest BCUT2D eigenvalue weighted by molar-refractivity contribution is 9.10. The third kappa shape index (κ3) is 2.47. The molecule has 2 aromatic carbocycles. The van der Waals surface area contributed by atoms with Crippen molar-refractivity contribution in [3.05, 3.63) is 57.6 Å². The summed E-state index contributed by atoms with van der Waals surface area (Å²) in [5.41, 5.74) is 4.17. The molecule has 0 radical (unpaired) electrons. The smallest absolute Gasteiger partial charge is 0.129 e. The number of halogens is 3. The minimum absolute atomic E-state index is 0.250. The number of hydrogen-bond donors (Lipinski definition) is 0. The van der Waals surface area contributed by atoms with E-state index in [1.54, 1.807) is 6.92 Å². The predicted molar refractivity (Wildman–Crippen MR) is 87.8 cm³/mol. The van der Waals surface area contributed by atoms with Gasteiger partial charge in [-0.05, 0) is 49.2 Å². The van der Waals surface area contributed by atoms with E-state index in [2.05, 4.69) is 27.0 Å². The van der Waals surface area contributed by atoms with Crippen molar-refractivity contribution in [2.24, 2.45) is 0 Å². The van der Waals surface area contributed by atoms with Crippen molar-refractivity contribution in [1.82, 2.24) is 9.55 Å². The molecule has 0 amide bonds. The molecule has 0 unspecified atom stereocenters. The van der Waals surface area contributed by atoms with Crippen LogP contribution in [0.3, 0.4) is 0 Å². The van der Waals surface area contributed by atoms with Crippen LogP contribution in [0.15, 0.2) is 34.8 Å². The van der Waals surface area contributed by atoms with Gasteiger partial charge < -0.3 is 0 Å².